The first-order valence-electron chi connectivity index (χ1n) is 8.20. The highest BCUT2D eigenvalue weighted by molar-refractivity contribution is 5.95. The van der Waals surface area contributed by atoms with Crippen LogP contribution in [-0.2, 0) is 9.53 Å². The van der Waals surface area contributed by atoms with E-state index in [9.17, 15) is 29.3 Å². The summed E-state index contributed by atoms with van der Waals surface area (Å²) in [5.41, 5.74) is 0.234. The number of rotatable bonds is 8. The minimum absolute atomic E-state index is 0.0590. The molecule has 0 radical (unpaired) electrons. The molecule has 0 unspecified atom stereocenters. The topological polar surface area (TPSA) is 149 Å². The van der Waals surface area contributed by atoms with E-state index in [1.54, 1.807) is 0 Å². The van der Waals surface area contributed by atoms with Gasteiger partial charge in [0.25, 0.3) is 5.91 Å². The van der Waals surface area contributed by atoms with Crippen molar-refractivity contribution < 1.29 is 43.6 Å². The molecule has 0 aliphatic heterocycles. The van der Waals surface area contributed by atoms with Crippen LogP contribution in [0.2, 0.25) is 0 Å². The van der Waals surface area contributed by atoms with Crippen LogP contribution in [0.3, 0.4) is 0 Å². The lowest BCUT2D eigenvalue weighted by Crippen LogP contribution is -2.34. The maximum atomic E-state index is 12.8. The van der Waals surface area contributed by atoms with Gasteiger partial charge in [0.1, 0.15) is 41.2 Å². The highest BCUT2D eigenvalue weighted by Gasteiger charge is 2.30. The molecule has 0 saturated heterocycles. The van der Waals surface area contributed by atoms with Crippen LogP contribution in [0.4, 0.5) is 10.1 Å². The van der Waals surface area contributed by atoms with E-state index in [1.807, 2.05) is 0 Å². The first kappa shape index (κ1) is 21.5. The molecule has 0 fully saturated rings. The van der Waals surface area contributed by atoms with Gasteiger partial charge in [-0.15, -0.1) is 0 Å². The van der Waals surface area contributed by atoms with E-state index in [-0.39, 0.29) is 17.1 Å². The standard InChI is InChI=1S/C18H20FNO8/c1-9-12(6-14(28-9)17(25)16(24)13(22)7-21)18(26)27-8-15(23)20-11-4-2-10(19)3-5-11/h2-6,13,16-17,21-22,24-25H,7-8H2,1H3,(H,20,23)/t13-,16+,17-/m1/s1. The van der Waals surface area contributed by atoms with E-state index in [1.165, 1.54) is 19.1 Å². The molecular weight excluding hydrogens is 377 g/mol. The van der Waals surface area contributed by atoms with Crippen LogP contribution in [0.1, 0.15) is 28.0 Å². The Labute approximate surface area is 159 Å². The molecule has 2 aromatic rings. The van der Waals surface area contributed by atoms with Crippen LogP contribution < -0.4 is 5.32 Å². The van der Waals surface area contributed by atoms with Gasteiger partial charge < -0.3 is 34.9 Å². The number of aliphatic hydroxyl groups is 4. The Morgan fingerprint density at radius 3 is 2.46 bits per heavy atom. The zero-order valence-corrected chi connectivity index (χ0v) is 14.8. The van der Waals surface area contributed by atoms with E-state index in [0.717, 1.165) is 18.2 Å². The van der Waals surface area contributed by atoms with Crippen LogP contribution in [0.5, 0.6) is 0 Å². The van der Waals surface area contributed by atoms with Gasteiger partial charge in [-0.25, -0.2) is 9.18 Å². The quantitative estimate of drug-likeness (QED) is 0.399. The van der Waals surface area contributed by atoms with Crippen molar-refractivity contribution in [2.24, 2.45) is 0 Å². The molecule has 0 saturated carbocycles. The van der Waals surface area contributed by atoms with Gasteiger partial charge in [0.2, 0.25) is 0 Å². The summed E-state index contributed by atoms with van der Waals surface area (Å²) in [6.07, 6.45) is -5.03. The summed E-state index contributed by atoms with van der Waals surface area (Å²) < 4.78 is 22.9. The smallest absolute Gasteiger partial charge is 0.342 e. The number of aryl methyl sites for hydroxylation is 1. The number of ether oxygens (including phenoxy) is 1. The lowest BCUT2D eigenvalue weighted by molar-refractivity contribution is -0.119. The van der Waals surface area contributed by atoms with Crippen molar-refractivity contribution in [3.63, 3.8) is 0 Å². The highest BCUT2D eigenvalue weighted by atomic mass is 19.1. The van der Waals surface area contributed by atoms with E-state index in [0.29, 0.717) is 5.69 Å². The fraction of sp³-hybridized carbons (Fsp3) is 0.333. The third-order valence-corrected chi connectivity index (χ3v) is 3.82. The Morgan fingerprint density at radius 2 is 1.86 bits per heavy atom. The summed E-state index contributed by atoms with van der Waals surface area (Å²) in [7, 11) is 0. The summed E-state index contributed by atoms with van der Waals surface area (Å²) in [5.74, 6) is -2.19. The van der Waals surface area contributed by atoms with Crippen LogP contribution in [0.25, 0.3) is 0 Å². The third kappa shape index (κ3) is 5.36. The minimum Gasteiger partial charge on any atom is -0.463 e. The maximum Gasteiger partial charge on any atom is 0.342 e. The molecule has 0 bridgehead atoms. The van der Waals surface area contributed by atoms with Crippen LogP contribution in [0.15, 0.2) is 34.7 Å². The van der Waals surface area contributed by atoms with Gasteiger partial charge in [-0.05, 0) is 37.3 Å². The average Bonchev–Trinajstić information content (AvgIpc) is 3.07. The van der Waals surface area contributed by atoms with Crippen molar-refractivity contribution in [3.8, 4) is 0 Å². The SMILES string of the molecule is Cc1oc([C@@H](O)[C@@H](O)[C@H](O)CO)cc1C(=O)OCC(=O)Nc1ccc(F)cc1. The first-order valence-corrected chi connectivity index (χ1v) is 8.20. The number of carbonyl (C=O) groups excluding carboxylic acids is 2. The maximum absolute atomic E-state index is 12.8. The van der Waals surface area contributed by atoms with Gasteiger partial charge in [-0.2, -0.15) is 0 Å². The lowest BCUT2D eigenvalue weighted by Gasteiger charge is -2.19. The van der Waals surface area contributed by atoms with Gasteiger partial charge in [-0.3, -0.25) is 4.79 Å². The number of hydrogen-bond donors (Lipinski definition) is 5. The molecule has 1 aromatic heterocycles. The molecule has 152 valence electrons. The fourth-order valence-electron chi connectivity index (χ4n) is 2.28. The number of halogens is 1. The van der Waals surface area contributed by atoms with E-state index < -0.39 is 49.2 Å². The fourth-order valence-corrected chi connectivity index (χ4v) is 2.28. The number of aliphatic hydroxyl groups excluding tert-OH is 4. The Balaban J connectivity index is 1.96. The number of amides is 1. The van der Waals surface area contributed by atoms with Crippen LogP contribution in [0, 0.1) is 12.7 Å². The second kappa shape index (κ2) is 9.42. The molecule has 1 amide bonds. The number of carbonyl (C=O) groups is 2. The molecule has 3 atom stereocenters. The first-order chi connectivity index (χ1) is 13.2. The number of anilines is 1. The Morgan fingerprint density at radius 1 is 1.21 bits per heavy atom. The molecule has 0 aliphatic carbocycles. The second-order valence-corrected chi connectivity index (χ2v) is 5.94. The molecule has 9 nitrogen and oxygen atoms in total. The molecule has 1 heterocycles. The van der Waals surface area contributed by atoms with Gasteiger partial charge in [0.15, 0.2) is 6.61 Å². The van der Waals surface area contributed by atoms with Gasteiger partial charge >= 0.3 is 5.97 Å². The lowest BCUT2D eigenvalue weighted by atomic mass is 10.1. The predicted molar refractivity (Wildman–Crippen MR) is 92.8 cm³/mol. The monoisotopic (exact) mass is 397 g/mol. The molecular formula is C18H20FNO8. The Hall–Kier alpha value is -2.79. The molecule has 0 aliphatic rings. The van der Waals surface area contributed by atoms with Crippen molar-refractivity contribution in [2.75, 3.05) is 18.5 Å². The van der Waals surface area contributed by atoms with Crippen molar-refractivity contribution in [2.45, 2.75) is 25.2 Å². The number of hydrogen-bond acceptors (Lipinski definition) is 8. The van der Waals surface area contributed by atoms with E-state index >= 15 is 0 Å². The zero-order chi connectivity index (χ0) is 20.8. The predicted octanol–water partition coefficient (Wildman–Crippen LogP) is 0.270. The Bertz CT molecular complexity index is 819. The number of nitrogens with one attached hydrogen (secondary N) is 1. The number of furan rings is 1. The van der Waals surface area contributed by atoms with Crippen LogP contribution >= 0.6 is 0 Å². The van der Waals surface area contributed by atoms with E-state index in [4.69, 9.17) is 14.3 Å². The highest BCUT2D eigenvalue weighted by Crippen LogP contribution is 2.25. The molecule has 10 heteroatoms. The molecule has 1 aromatic carbocycles. The number of esters is 1. The molecule has 0 spiro atoms. The van der Waals surface area contributed by atoms with Crippen molar-refractivity contribution in [1.29, 1.82) is 0 Å². The second-order valence-electron chi connectivity index (χ2n) is 5.94. The van der Waals surface area contributed by atoms with Crippen molar-refractivity contribution in [1.82, 2.24) is 0 Å². The normalized spacial score (nSPS) is 14.2. The summed E-state index contributed by atoms with van der Waals surface area (Å²) in [4.78, 5) is 23.9. The van der Waals surface area contributed by atoms with Crippen molar-refractivity contribution in [3.05, 3.63) is 53.2 Å². The zero-order valence-electron chi connectivity index (χ0n) is 14.8. The average molecular weight is 397 g/mol. The van der Waals surface area contributed by atoms with Gasteiger partial charge in [-0.1, -0.05) is 0 Å². The van der Waals surface area contributed by atoms with Gasteiger partial charge in [0, 0.05) is 5.69 Å². The third-order valence-electron chi connectivity index (χ3n) is 3.82. The summed E-state index contributed by atoms with van der Waals surface area (Å²) in [6, 6.07) is 6.11. The molecule has 5 N–H and O–H groups in total. The molecule has 2 rings (SSSR count). The molecule has 28 heavy (non-hydrogen) atoms. The summed E-state index contributed by atoms with van der Waals surface area (Å²) in [6.45, 7) is 0.000797. The van der Waals surface area contributed by atoms with Crippen LogP contribution in [-0.4, -0.2) is 57.7 Å². The van der Waals surface area contributed by atoms with Crippen molar-refractivity contribution >= 4 is 17.6 Å². The van der Waals surface area contributed by atoms with Gasteiger partial charge in [0.05, 0.1) is 6.61 Å². The number of benzene rings is 1. The summed E-state index contributed by atoms with van der Waals surface area (Å²) in [5, 5.41) is 40.2. The Kier molecular flexibility index (Phi) is 7.24. The largest absolute Gasteiger partial charge is 0.463 e. The minimum atomic E-state index is -1.74. The summed E-state index contributed by atoms with van der Waals surface area (Å²) >= 11 is 0. The van der Waals surface area contributed by atoms with E-state index in [2.05, 4.69) is 5.32 Å².